The van der Waals surface area contributed by atoms with Crippen molar-refractivity contribution in [3.8, 4) is 11.3 Å². The highest BCUT2D eigenvalue weighted by molar-refractivity contribution is 5.94. The Morgan fingerprint density at radius 1 is 1.04 bits per heavy atom. The predicted molar refractivity (Wildman–Crippen MR) is 86.7 cm³/mol. The Hall–Kier alpha value is -3.09. The number of nitrogens with zero attached hydrogens (tertiary/aromatic N) is 2. The molecule has 0 spiro atoms. The van der Waals surface area contributed by atoms with Gasteiger partial charge in [-0.2, -0.15) is 0 Å². The van der Waals surface area contributed by atoms with Gasteiger partial charge in [0.05, 0.1) is 12.1 Å². The lowest BCUT2D eigenvalue weighted by Crippen LogP contribution is -2.36. The van der Waals surface area contributed by atoms with Crippen molar-refractivity contribution in [1.82, 2.24) is 10.1 Å². The third-order valence-electron chi connectivity index (χ3n) is 4.40. The van der Waals surface area contributed by atoms with Crippen LogP contribution in [0.25, 0.3) is 11.3 Å². The van der Waals surface area contributed by atoms with Crippen molar-refractivity contribution in [3.05, 3.63) is 76.7 Å². The normalized spacial score (nSPS) is 13.6. The average molecular weight is 358 g/mol. The van der Waals surface area contributed by atoms with Crippen LogP contribution in [0.1, 0.15) is 21.6 Å². The van der Waals surface area contributed by atoms with E-state index in [1.54, 1.807) is 12.1 Å². The number of amides is 1. The van der Waals surface area contributed by atoms with E-state index >= 15 is 0 Å². The maximum atomic E-state index is 13.9. The Balaban J connectivity index is 1.59. The maximum absolute atomic E-state index is 13.9. The summed E-state index contributed by atoms with van der Waals surface area (Å²) in [6, 6.07) is 8.73. The third-order valence-corrected chi connectivity index (χ3v) is 4.40. The topological polar surface area (TPSA) is 46.3 Å². The standard InChI is InChI=1S/C19H13F3N2O2/c20-12-3-1-11(2-4-12)18-15-7-8-24(10-17(15)23-26-18)19(25)14-6-5-13(21)9-16(14)22/h1-6,9H,7-8,10H2. The molecule has 0 radical (unpaired) electrons. The Morgan fingerprint density at radius 3 is 2.50 bits per heavy atom. The minimum atomic E-state index is -0.895. The van der Waals surface area contributed by atoms with Crippen LogP contribution in [0.3, 0.4) is 0 Å². The van der Waals surface area contributed by atoms with E-state index in [1.165, 1.54) is 17.0 Å². The lowest BCUT2D eigenvalue weighted by atomic mass is 10.00. The van der Waals surface area contributed by atoms with Crippen LogP contribution in [-0.4, -0.2) is 22.5 Å². The summed E-state index contributed by atoms with van der Waals surface area (Å²) in [4.78, 5) is 14.0. The molecule has 1 amide bonds. The largest absolute Gasteiger partial charge is 0.356 e. The number of carbonyl (C=O) groups is 1. The Morgan fingerprint density at radius 2 is 1.77 bits per heavy atom. The number of rotatable bonds is 2. The summed E-state index contributed by atoms with van der Waals surface area (Å²) in [7, 11) is 0. The zero-order valence-electron chi connectivity index (χ0n) is 13.5. The molecule has 26 heavy (non-hydrogen) atoms. The first-order valence-corrected chi connectivity index (χ1v) is 8.00. The number of hydrogen-bond acceptors (Lipinski definition) is 3. The second kappa shape index (κ2) is 6.33. The molecule has 4 nitrogen and oxygen atoms in total. The van der Waals surface area contributed by atoms with Crippen LogP contribution in [0.4, 0.5) is 13.2 Å². The van der Waals surface area contributed by atoms with Crippen molar-refractivity contribution in [2.45, 2.75) is 13.0 Å². The van der Waals surface area contributed by atoms with Gasteiger partial charge in [-0.15, -0.1) is 0 Å². The first kappa shape index (κ1) is 16.4. The van der Waals surface area contributed by atoms with E-state index in [0.29, 0.717) is 36.0 Å². The van der Waals surface area contributed by atoms with Crippen molar-refractivity contribution in [1.29, 1.82) is 0 Å². The van der Waals surface area contributed by atoms with E-state index in [9.17, 15) is 18.0 Å². The summed E-state index contributed by atoms with van der Waals surface area (Å²) >= 11 is 0. The Labute approximate surface area is 146 Å². The molecule has 0 unspecified atom stereocenters. The van der Waals surface area contributed by atoms with Gasteiger partial charge in [-0.25, -0.2) is 13.2 Å². The van der Waals surface area contributed by atoms with Crippen LogP contribution in [0.15, 0.2) is 47.0 Å². The molecule has 0 saturated carbocycles. The monoisotopic (exact) mass is 358 g/mol. The van der Waals surface area contributed by atoms with Gasteiger partial charge in [0.1, 0.15) is 23.1 Å². The van der Waals surface area contributed by atoms with Gasteiger partial charge < -0.3 is 9.42 Å². The van der Waals surface area contributed by atoms with Gasteiger partial charge in [-0.3, -0.25) is 4.79 Å². The second-order valence-electron chi connectivity index (χ2n) is 6.04. The van der Waals surface area contributed by atoms with Gasteiger partial charge in [0, 0.05) is 23.7 Å². The van der Waals surface area contributed by atoms with Crippen LogP contribution < -0.4 is 0 Å². The van der Waals surface area contributed by atoms with Gasteiger partial charge in [0.2, 0.25) is 0 Å². The average Bonchev–Trinajstić information content (AvgIpc) is 3.05. The summed E-state index contributed by atoms with van der Waals surface area (Å²) in [5, 5.41) is 4.00. The van der Waals surface area contributed by atoms with Crippen LogP contribution in [0.5, 0.6) is 0 Å². The first-order chi connectivity index (χ1) is 12.5. The van der Waals surface area contributed by atoms with E-state index in [2.05, 4.69) is 5.16 Å². The molecule has 0 aliphatic carbocycles. The molecule has 0 bridgehead atoms. The molecule has 1 aliphatic heterocycles. The SMILES string of the molecule is O=C(c1ccc(F)cc1F)N1CCc2c(noc2-c2ccc(F)cc2)C1. The zero-order chi connectivity index (χ0) is 18.3. The fourth-order valence-corrected chi connectivity index (χ4v) is 3.07. The number of aromatic nitrogens is 1. The lowest BCUT2D eigenvalue weighted by molar-refractivity contribution is 0.0726. The summed E-state index contributed by atoms with van der Waals surface area (Å²) in [6.07, 6.45) is 0.472. The summed E-state index contributed by atoms with van der Waals surface area (Å²) in [6.45, 7) is 0.508. The number of fused-ring (bicyclic) bond motifs is 1. The van der Waals surface area contributed by atoms with Gasteiger partial charge in [0.15, 0.2) is 5.76 Å². The summed E-state index contributed by atoms with van der Waals surface area (Å²) < 4.78 is 45.4. The van der Waals surface area contributed by atoms with E-state index in [4.69, 9.17) is 4.52 Å². The summed E-state index contributed by atoms with van der Waals surface area (Å²) in [5.41, 5.74) is 1.94. The number of benzene rings is 2. The molecule has 3 aromatic rings. The molecule has 0 saturated heterocycles. The van der Waals surface area contributed by atoms with Gasteiger partial charge in [-0.05, 0) is 42.8 Å². The molecular weight excluding hydrogens is 345 g/mol. The Bertz CT molecular complexity index is 983. The van der Waals surface area contributed by atoms with E-state index in [-0.39, 0.29) is 17.9 Å². The maximum Gasteiger partial charge on any atom is 0.257 e. The van der Waals surface area contributed by atoms with Crippen molar-refractivity contribution >= 4 is 5.91 Å². The van der Waals surface area contributed by atoms with Crippen molar-refractivity contribution in [3.63, 3.8) is 0 Å². The van der Waals surface area contributed by atoms with Crippen molar-refractivity contribution in [2.24, 2.45) is 0 Å². The lowest BCUT2D eigenvalue weighted by Gasteiger charge is -2.26. The molecule has 0 N–H and O–H groups in total. The molecular formula is C19H13F3N2O2. The number of halogens is 3. The first-order valence-electron chi connectivity index (χ1n) is 8.00. The van der Waals surface area contributed by atoms with Gasteiger partial charge in [-0.1, -0.05) is 5.16 Å². The second-order valence-corrected chi connectivity index (χ2v) is 6.04. The number of hydrogen-bond donors (Lipinski definition) is 0. The van der Waals surface area contributed by atoms with Gasteiger partial charge in [0.25, 0.3) is 5.91 Å². The zero-order valence-corrected chi connectivity index (χ0v) is 13.5. The molecule has 2 aromatic carbocycles. The molecule has 132 valence electrons. The van der Waals surface area contributed by atoms with E-state index in [0.717, 1.165) is 17.7 Å². The molecule has 0 atom stereocenters. The fourth-order valence-electron chi connectivity index (χ4n) is 3.07. The highest BCUT2D eigenvalue weighted by Gasteiger charge is 2.29. The Kier molecular flexibility index (Phi) is 3.99. The van der Waals surface area contributed by atoms with Crippen LogP contribution in [0, 0.1) is 17.5 Å². The van der Waals surface area contributed by atoms with Crippen LogP contribution in [-0.2, 0) is 13.0 Å². The molecule has 4 rings (SSSR count). The van der Waals surface area contributed by atoms with E-state index in [1.807, 2.05) is 0 Å². The highest BCUT2D eigenvalue weighted by atomic mass is 19.1. The van der Waals surface area contributed by atoms with Gasteiger partial charge >= 0.3 is 0 Å². The highest BCUT2D eigenvalue weighted by Crippen LogP contribution is 2.31. The third kappa shape index (κ3) is 2.85. The van der Waals surface area contributed by atoms with Crippen LogP contribution >= 0.6 is 0 Å². The number of carbonyl (C=O) groups excluding carboxylic acids is 1. The van der Waals surface area contributed by atoms with Crippen LogP contribution in [0.2, 0.25) is 0 Å². The minimum Gasteiger partial charge on any atom is -0.356 e. The van der Waals surface area contributed by atoms with Crippen molar-refractivity contribution in [2.75, 3.05) is 6.54 Å². The molecule has 7 heteroatoms. The molecule has 1 aromatic heterocycles. The predicted octanol–water partition coefficient (Wildman–Crippen LogP) is 3.96. The smallest absolute Gasteiger partial charge is 0.257 e. The summed E-state index contributed by atoms with van der Waals surface area (Å²) in [5.74, 6) is -1.96. The molecule has 0 fully saturated rings. The van der Waals surface area contributed by atoms with Crippen molar-refractivity contribution < 1.29 is 22.5 Å². The van der Waals surface area contributed by atoms with E-state index < -0.39 is 17.5 Å². The quantitative estimate of drug-likeness (QED) is 0.697. The molecule has 1 aliphatic rings. The molecule has 2 heterocycles. The minimum absolute atomic E-state index is 0.162. The fraction of sp³-hybridized carbons (Fsp3) is 0.158.